The molecule has 0 aliphatic heterocycles. The molecule has 0 saturated carbocycles. The fraction of sp³-hybridized carbons (Fsp3) is 0.115. The van der Waals surface area contributed by atoms with E-state index in [9.17, 15) is 14.4 Å². The van der Waals surface area contributed by atoms with Crippen LogP contribution in [0.4, 0.5) is 5.69 Å². The van der Waals surface area contributed by atoms with E-state index >= 15 is 0 Å². The van der Waals surface area contributed by atoms with Crippen molar-refractivity contribution < 1.29 is 23.8 Å². The number of amides is 1. The number of anilines is 1. The minimum Gasteiger partial charge on any atom is -0.483 e. The van der Waals surface area contributed by atoms with E-state index in [0.29, 0.717) is 22.4 Å². The first-order valence-electron chi connectivity index (χ1n) is 10.3. The monoisotopic (exact) mass is 443 g/mol. The van der Waals surface area contributed by atoms with Crippen LogP contribution in [0.5, 0.6) is 5.75 Å². The Bertz CT molecular complexity index is 1390. The van der Waals surface area contributed by atoms with Gasteiger partial charge in [0.2, 0.25) is 0 Å². The van der Waals surface area contributed by atoms with Crippen LogP contribution in [0, 0.1) is 6.92 Å². The van der Waals surface area contributed by atoms with Gasteiger partial charge in [0, 0.05) is 22.7 Å². The van der Waals surface area contributed by atoms with Gasteiger partial charge in [0.15, 0.2) is 6.61 Å². The number of hydrogen-bond acceptors (Lipinski definition) is 5. The summed E-state index contributed by atoms with van der Waals surface area (Å²) in [5.41, 5.74) is 2.51. The highest BCUT2D eigenvalue weighted by Gasteiger charge is 2.15. The smallest absolute Gasteiger partial charge is 0.340 e. The summed E-state index contributed by atoms with van der Waals surface area (Å²) in [4.78, 5) is 35.7. The van der Waals surface area contributed by atoms with Gasteiger partial charge in [-0.15, -0.1) is 0 Å². The fourth-order valence-corrected chi connectivity index (χ4v) is 3.62. The number of carbonyl (C=O) groups excluding carboxylic acids is 1. The lowest BCUT2D eigenvalue weighted by molar-refractivity contribution is -0.136. The number of carbonyl (C=O) groups is 2. The number of rotatable bonds is 7. The van der Waals surface area contributed by atoms with Crippen LogP contribution in [0.3, 0.4) is 0 Å². The number of benzene rings is 3. The molecule has 4 rings (SSSR count). The Labute approximate surface area is 189 Å². The zero-order valence-electron chi connectivity index (χ0n) is 17.8. The molecule has 0 atom stereocenters. The first kappa shape index (κ1) is 21.8. The zero-order chi connectivity index (χ0) is 23.4. The molecule has 33 heavy (non-hydrogen) atoms. The summed E-state index contributed by atoms with van der Waals surface area (Å²) in [6, 6.07) is 22.1. The number of aliphatic carboxylic acids is 1. The number of carboxylic acids is 1. The first-order chi connectivity index (χ1) is 15.9. The molecule has 3 aromatic carbocycles. The Morgan fingerprint density at radius 1 is 1.00 bits per heavy atom. The molecule has 4 aromatic rings. The van der Waals surface area contributed by atoms with Gasteiger partial charge in [0.25, 0.3) is 5.91 Å². The van der Waals surface area contributed by atoms with E-state index < -0.39 is 18.0 Å². The molecule has 0 bridgehead atoms. The molecular weight excluding hydrogens is 422 g/mol. The second-order valence-corrected chi connectivity index (χ2v) is 7.47. The molecule has 2 N–H and O–H groups in total. The van der Waals surface area contributed by atoms with Crippen molar-refractivity contribution >= 4 is 28.5 Å². The maximum absolute atomic E-state index is 12.5. The van der Waals surface area contributed by atoms with Crippen LogP contribution >= 0.6 is 0 Å². The molecule has 1 aromatic heterocycles. The molecule has 7 heteroatoms. The van der Waals surface area contributed by atoms with Crippen molar-refractivity contribution in [2.75, 3.05) is 11.9 Å². The molecule has 0 fully saturated rings. The van der Waals surface area contributed by atoms with Gasteiger partial charge in [0.05, 0.1) is 12.0 Å². The quantitative estimate of drug-likeness (QED) is 0.410. The minimum absolute atomic E-state index is 0.109. The van der Waals surface area contributed by atoms with Crippen LogP contribution in [0.1, 0.15) is 11.1 Å². The number of ether oxygens (including phenoxy) is 1. The van der Waals surface area contributed by atoms with Crippen molar-refractivity contribution in [3.8, 4) is 16.9 Å². The highest BCUT2D eigenvalue weighted by molar-refractivity contribution is 5.95. The largest absolute Gasteiger partial charge is 0.483 e. The molecule has 0 aliphatic carbocycles. The van der Waals surface area contributed by atoms with Gasteiger partial charge in [-0.1, -0.05) is 48.5 Å². The third kappa shape index (κ3) is 4.93. The van der Waals surface area contributed by atoms with Crippen LogP contribution in [0.15, 0.2) is 82.0 Å². The average molecular weight is 443 g/mol. The van der Waals surface area contributed by atoms with Crippen LogP contribution in [-0.2, 0) is 16.0 Å². The van der Waals surface area contributed by atoms with Gasteiger partial charge in [-0.25, -0.2) is 4.79 Å². The highest BCUT2D eigenvalue weighted by atomic mass is 16.5. The SMILES string of the molecule is Cc1c(CC(=O)O)c(=O)oc2cc(NC(=O)COc3ccccc3-c3ccccc3)ccc12. The summed E-state index contributed by atoms with van der Waals surface area (Å²) >= 11 is 0. The van der Waals surface area contributed by atoms with Gasteiger partial charge in [-0.3, -0.25) is 9.59 Å². The molecule has 0 radical (unpaired) electrons. The molecule has 1 amide bonds. The molecule has 0 spiro atoms. The van der Waals surface area contributed by atoms with Crippen LogP contribution in [0.2, 0.25) is 0 Å². The number of nitrogens with one attached hydrogen (secondary N) is 1. The van der Waals surface area contributed by atoms with Crippen LogP contribution < -0.4 is 15.7 Å². The van der Waals surface area contributed by atoms with Gasteiger partial charge >= 0.3 is 11.6 Å². The third-order valence-corrected chi connectivity index (χ3v) is 5.23. The van der Waals surface area contributed by atoms with Crippen molar-refractivity contribution in [3.05, 3.63) is 94.3 Å². The Kier molecular flexibility index (Phi) is 6.22. The number of para-hydroxylation sites is 1. The summed E-state index contributed by atoms with van der Waals surface area (Å²) in [5, 5.41) is 12.3. The maximum Gasteiger partial charge on any atom is 0.340 e. The zero-order valence-corrected chi connectivity index (χ0v) is 17.8. The summed E-state index contributed by atoms with van der Waals surface area (Å²) in [7, 11) is 0. The minimum atomic E-state index is -1.11. The van der Waals surface area contributed by atoms with Crippen molar-refractivity contribution in [1.82, 2.24) is 0 Å². The lowest BCUT2D eigenvalue weighted by Gasteiger charge is -2.12. The number of hydrogen-bond donors (Lipinski definition) is 2. The van der Waals surface area contributed by atoms with E-state index in [4.69, 9.17) is 14.3 Å². The normalized spacial score (nSPS) is 10.7. The summed E-state index contributed by atoms with van der Waals surface area (Å²) < 4.78 is 11.1. The molecule has 0 unspecified atom stereocenters. The second kappa shape index (κ2) is 9.40. The lowest BCUT2D eigenvalue weighted by atomic mass is 10.0. The summed E-state index contributed by atoms with van der Waals surface area (Å²) in [6.07, 6.45) is -0.412. The van der Waals surface area contributed by atoms with Crippen molar-refractivity contribution in [2.24, 2.45) is 0 Å². The van der Waals surface area contributed by atoms with Crippen molar-refractivity contribution in [3.63, 3.8) is 0 Å². The van der Waals surface area contributed by atoms with E-state index in [1.807, 2.05) is 48.5 Å². The third-order valence-electron chi connectivity index (χ3n) is 5.23. The molecule has 0 aliphatic rings. The summed E-state index contributed by atoms with van der Waals surface area (Å²) in [5.74, 6) is -0.897. The Balaban J connectivity index is 1.49. The standard InChI is InChI=1S/C26H21NO6/c1-16-19-12-11-18(13-23(19)33-26(31)21(16)14-25(29)30)27-24(28)15-32-22-10-6-5-9-20(22)17-7-3-2-4-8-17/h2-13H,14-15H2,1H3,(H,27,28)(H,29,30). The van der Waals surface area contributed by atoms with Crippen LogP contribution in [0.25, 0.3) is 22.1 Å². The van der Waals surface area contributed by atoms with Gasteiger partial charge in [-0.2, -0.15) is 0 Å². The molecular formula is C26H21NO6. The average Bonchev–Trinajstić information content (AvgIpc) is 2.81. The lowest BCUT2D eigenvalue weighted by Crippen LogP contribution is -2.20. The Morgan fingerprint density at radius 3 is 2.48 bits per heavy atom. The fourth-order valence-electron chi connectivity index (χ4n) is 3.62. The topological polar surface area (TPSA) is 106 Å². The van der Waals surface area contributed by atoms with E-state index in [-0.39, 0.29) is 23.7 Å². The van der Waals surface area contributed by atoms with Gasteiger partial charge in [-0.05, 0) is 36.2 Å². The van der Waals surface area contributed by atoms with E-state index in [1.165, 1.54) is 6.07 Å². The molecule has 1 heterocycles. The van der Waals surface area contributed by atoms with E-state index in [0.717, 1.165) is 11.1 Å². The van der Waals surface area contributed by atoms with E-state index in [2.05, 4.69) is 5.32 Å². The van der Waals surface area contributed by atoms with Crippen molar-refractivity contribution in [1.29, 1.82) is 0 Å². The predicted octanol–water partition coefficient (Wildman–Crippen LogP) is 4.41. The molecule has 166 valence electrons. The predicted molar refractivity (Wildman–Crippen MR) is 125 cm³/mol. The Hall–Kier alpha value is -4.39. The van der Waals surface area contributed by atoms with Gasteiger partial charge < -0.3 is 19.6 Å². The number of carboxylic acid groups (broad SMARTS) is 1. The Morgan fingerprint density at radius 2 is 1.73 bits per heavy atom. The van der Waals surface area contributed by atoms with Gasteiger partial charge in [0.1, 0.15) is 11.3 Å². The number of fused-ring (bicyclic) bond motifs is 1. The number of aryl methyl sites for hydroxylation is 1. The molecule has 7 nitrogen and oxygen atoms in total. The highest BCUT2D eigenvalue weighted by Crippen LogP contribution is 2.29. The van der Waals surface area contributed by atoms with E-state index in [1.54, 1.807) is 25.1 Å². The first-order valence-corrected chi connectivity index (χ1v) is 10.3. The van der Waals surface area contributed by atoms with Crippen molar-refractivity contribution in [2.45, 2.75) is 13.3 Å². The molecule has 0 saturated heterocycles. The maximum atomic E-state index is 12.5. The van der Waals surface area contributed by atoms with Crippen LogP contribution in [-0.4, -0.2) is 23.6 Å². The second-order valence-electron chi connectivity index (χ2n) is 7.47. The summed E-state index contributed by atoms with van der Waals surface area (Å²) in [6.45, 7) is 1.47.